The van der Waals surface area contributed by atoms with Crippen molar-refractivity contribution in [2.45, 2.75) is 464 Å². The van der Waals surface area contributed by atoms with E-state index in [1.807, 2.05) is 41.9 Å². The molecule has 1 aromatic carbocycles. The zero-order valence-electron chi connectivity index (χ0n) is 89.2. The molecule has 4 aliphatic carbocycles. The van der Waals surface area contributed by atoms with Crippen LogP contribution in [0.5, 0.6) is 11.5 Å². The van der Waals surface area contributed by atoms with Crippen molar-refractivity contribution in [1.29, 1.82) is 0 Å². The van der Waals surface area contributed by atoms with E-state index in [0.29, 0.717) is 69.6 Å². The lowest BCUT2D eigenvalue weighted by Gasteiger charge is -2.37. The molecule has 0 radical (unpaired) electrons. The first-order valence-electron chi connectivity index (χ1n) is 50.0. The van der Waals surface area contributed by atoms with Crippen LogP contribution in [-0.4, -0.2) is 213 Å². The fraction of sp³-hybridized carbons (Fsp3) is 0.884. The number of nitrogens with zero attached hydrogens (tertiary/aromatic N) is 2. The second kappa shape index (κ2) is 65.2. The zero-order valence-corrected chi connectivity index (χ0v) is 93.2. The number of alkyl halides is 27. The van der Waals surface area contributed by atoms with Crippen molar-refractivity contribution in [2.24, 2.45) is 17.4 Å². The van der Waals surface area contributed by atoms with Crippen LogP contribution < -0.4 is 20.9 Å². The summed E-state index contributed by atoms with van der Waals surface area (Å²) in [5, 5.41) is 11.9. The van der Waals surface area contributed by atoms with Crippen molar-refractivity contribution in [1.82, 2.24) is 5.06 Å². The van der Waals surface area contributed by atoms with Crippen LogP contribution >= 0.6 is 0 Å². The molecule has 147 heavy (non-hydrogen) atoms. The second-order valence-electron chi connectivity index (χ2n) is 39.7. The van der Waals surface area contributed by atoms with Gasteiger partial charge in [0, 0.05) is 60.5 Å². The molecule has 0 bridgehead atoms. The fourth-order valence-corrected chi connectivity index (χ4v) is 33.6. The Bertz CT molecular complexity index is 3770. The van der Waals surface area contributed by atoms with Crippen molar-refractivity contribution in [3.05, 3.63) is 27.8 Å². The Labute approximate surface area is 852 Å². The lowest BCUT2D eigenvalue weighted by atomic mass is 9.96. The number of carbonyl (C=O) groups excluding carboxylic acids is 5. The maximum absolute atomic E-state index is 13.9. The molecule has 21 nitrogen and oxygen atoms in total. The number of nitro groups is 1. The van der Waals surface area contributed by atoms with Gasteiger partial charge in [0.1, 0.15) is 12.7 Å². The molecule has 4 saturated carbocycles. The zero-order chi connectivity index (χ0) is 115. The number of hydrogen-bond donors (Lipinski definition) is 2. The van der Waals surface area contributed by atoms with Crippen LogP contribution in [0.2, 0.25) is 68.5 Å². The van der Waals surface area contributed by atoms with Gasteiger partial charge in [0.15, 0.2) is 44.8 Å². The van der Waals surface area contributed by atoms with E-state index < -0.39 is 209 Å². The smallest absolute Gasteiger partial charge is 0.493 e. The van der Waals surface area contributed by atoms with E-state index in [1.54, 1.807) is 28.1 Å². The largest absolute Gasteiger partial charge is 0.533 e. The highest BCUT2D eigenvalue weighted by Crippen LogP contribution is 2.58. The Morgan fingerprint density at radius 1 is 0.367 bits per heavy atom. The van der Waals surface area contributed by atoms with Crippen LogP contribution in [0, 0.1) is 16.0 Å². The quantitative estimate of drug-likeness (QED) is 0.00896. The van der Waals surface area contributed by atoms with E-state index >= 15 is 0 Å². The molecular formula is C95H163F27N4O17Si4. The number of hydrogen-bond acceptors (Lipinski definition) is 19. The highest BCUT2D eigenvalue weighted by atomic mass is 28.4. The first kappa shape index (κ1) is 145. The molecule has 5 fully saturated rings. The van der Waals surface area contributed by atoms with Crippen LogP contribution in [0.1, 0.15) is 329 Å². The molecule has 1 aromatic rings. The van der Waals surface area contributed by atoms with Gasteiger partial charge >= 0.3 is 89.9 Å². The number of imide groups is 1. The van der Waals surface area contributed by atoms with Crippen LogP contribution in [0.15, 0.2) is 12.1 Å². The summed E-state index contributed by atoms with van der Waals surface area (Å²) < 4.78 is 393. The number of hydroxylamine groups is 2. The summed E-state index contributed by atoms with van der Waals surface area (Å²) in [6.45, 7) is 35.6. The molecule has 0 spiro atoms. The lowest BCUT2D eigenvalue weighted by Crippen LogP contribution is -2.61. The third-order valence-corrected chi connectivity index (χ3v) is 50.2. The monoisotopic (exact) mass is 2260 g/mol. The highest BCUT2D eigenvalue weighted by molar-refractivity contribution is 6.77. The number of ether oxygens (including phenoxy) is 5. The van der Waals surface area contributed by atoms with E-state index in [2.05, 4.69) is 97.4 Å². The predicted molar refractivity (Wildman–Crippen MR) is 514 cm³/mol. The number of esters is 2. The minimum atomic E-state index is -7.06. The third-order valence-electron chi connectivity index (χ3n) is 27.0. The molecule has 1 saturated heterocycles. The van der Waals surface area contributed by atoms with Crippen molar-refractivity contribution in [3.63, 3.8) is 0 Å². The Hall–Kier alpha value is -5.69. The lowest BCUT2D eigenvalue weighted by molar-refractivity contribution is -0.397. The summed E-state index contributed by atoms with van der Waals surface area (Å²) >= 11 is 0. The number of carbonyl (C=O) groups is 5. The SMILES string of the molecule is C1CCC1.C1CCC1.C1CCC1.C1CCC1.CO[Si](CCCCC(=O)OCCC(F)(F)C(F)(F)C(F)(F)C(F)(F)F)(C(C)C)C(C)C.CO[Si](CCCN)(C(C)C)C(C)C.CO[Si](CCCN)(C(C)C)C(C)C.COc1cc(C(OC(=O)CCCC[Si](OC)(C(C)C)C(C)C)C(C)C)c([N+](=O)[O-])cc1OCCCC(F)(F)C(F)(F)C(F)(F)C(F)(F)F.O=C(OCCC(F)(F)C(F)(F)C(F)(F)C(F)(F)F)ON1C(=O)CCC1=O. The number of benzene rings is 1. The average molecular weight is 2260 g/mol. The molecule has 5 aliphatic rings. The van der Waals surface area contributed by atoms with Crippen molar-refractivity contribution < 1.29 is 194 Å². The molecule has 870 valence electrons. The standard InChI is InChI=1S/C30H44F9NO7Si.C18H29F9O3Si.C11H8F9NO5.2C10H25NOSi.4C4H8/c1-18(2)26(47-25(41)12-9-10-15-48(45-8,19(3)4)20(5)6)21-16-23(44-7)24(17-22(21)40(42)43)46-14-11-13-27(31,32)28(33,34)29(35,36)30(37,38)39;1-12(2)31(29-5,13(3)4)11-7-6-8-14(28)30-10-9-15(19,20)16(21,22)17(23,24)18(25,26)27;12-8(13,9(14,15)10(16,17)11(18,19)20)3-4-25-7(24)26-21-5(22)1-2-6(21)23;2*1-9(2)13(12-5,10(3)4)8-6-7-11;4*1-2-4-3-1/h16-20,26H,9-15H2,1-8H3;12-13H,6-11H2,1-5H3;1-4H2;2*9-10H,6-8,11H2,1-5H3;4*1-4H2. The van der Waals surface area contributed by atoms with E-state index in [0.717, 1.165) is 51.2 Å². The summed E-state index contributed by atoms with van der Waals surface area (Å²) in [6, 6.07) is 5.87. The summed E-state index contributed by atoms with van der Waals surface area (Å²) in [4.78, 5) is 72.7. The molecule has 52 heteroatoms. The number of nitro benzene ring substituents is 1. The number of amides is 2. The van der Waals surface area contributed by atoms with Crippen molar-refractivity contribution in [3.8, 4) is 11.5 Å². The molecule has 0 aromatic heterocycles. The summed E-state index contributed by atoms with van der Waals surface area (Å²) in [5.74, 6) is -63.6. The van der Waals surface area contributed by atoms with E-state index in [1.165, 1.54) is 115 Å². The van der Waals surface area contributed by atoms with Crippen LogP contribution in [0.4, 0.5) is 129 Å². The third kappa shape index (κ3) is 42.8. The molecule has 2 amide bonds. The Morgan fingerprint density at radius 2 is 0.639 bits per heavy atom. The first-order chi connectivity index (χ1) is 67.2. The van der Waals surface area contributed by atoms with Gasteiger partial charge in [-0.15, -0.1) is 0 Å². The summed E-state index contributed by atoms with van der Waals surface area (Å²) in [7, 11) is 0.973. The number of unbranched alkanes of at least 4 members (excludes halogenated alkanes) is 2. The predicted octanol–water partition coefficient (Wildman–Crippen LogP) is 31.8. The maximum atomic E-state index is 13.9. The Balaban J connectivity index is -0.00000180. The number of methoxy groups -OCH3 is 1. The molecular weight excluding hydrogens is 2090 g/mol. The molecule has 1 unspecified atom stereocenters. The minimum absolute atomic E-state index is 0.0261. The average Bonchev–Trinajstić information content (AvgIpc) is 1.30. The van der Waals surface area contributed by atoms with Crippen molar-refractivity contribution >= 4 is 68.9 Å². The molecule has 1 atom stereocenters. The van der Waals surface area contributed by atoms with Gasteiger partial charge < -0.3 is 52.9 Å². The number of nitrogens with two attached hydrogens (primary N) is 2. The molecule has 1 heterocycles. The highest BCUT2D eigenvalue weighted by Gasteiger charge is 2.84. The van der Waals surface area contributed by atoms with Crippen LogP contribution in [0.25, 0.3) is 0 Å². The maximum Gasteiger partial charge on any atom is 0.533 e. The molecule has 4 N–H and O–H groups in total. The van der Waals surface area contributed by atoms with Gasteiger partial charge in [-0.1, -0.05) is 245 Å². The van der Waals surface area contributed by atoms with Gasteiger partial charge in [-0.3, -0.25) is 34.1 Å². The van der Waals surface area contributed by atoms with Gasteiger partial charge in [0.2, 0.25) is 0 Å². The molecule has 1 aliphatic heterocycles. The van der Waals surface area contributed by atoms with Gasteiger partial charge in [0.25, 0.3) is 17.5 Å². The number of halogens is 27. The van der Waals surface area contributed by atoms with Gasteiger partial charge in [-0.2, -0.15) is 119 Å². The van der Waals surface area contributed by atoms with Gasteiger partial charge in [-0.25, -0.2) is 4.79 Å². The second-order valence-corrected chi connectivity index (χ2v) is 60.2. The molecule has 6 rings (SSSR count). The minimum Gasteiger partial charge on any atom is -0.493 e. The Kier molecular flexibility index (Phi) is 64.5. The van der Waals surface area contributed by atoms with Crippen LogP contribution in [-0.2, 0) is 55.9 Å². The normalized spacial score (nSPS) is 15.5. The van der Waals surface area contributed by atoms with E-state index in [-0.39, 0.29) is 48.5 Å². The summed E-state index contributed by atoms with van der Waals surface area (Å²) in [5.41, 5.74) is 14.4. The summed E-state index contributed by atoms with van der Waals surface area (Å²) in [6.07, 6.45) is -4.48. The first-order valence-corrected chi connectivity index (χ1v) is 59.0. The van der Waals surface area contributed by atoms with Gasteiger partial charge in [0.05, 0.1) is 49.7 Å². The fourth-order valence-electron chi connectivity index (χ4n) is 15.9. The Morgan fingerprint density at radius 3 is 0.884 bits per heavy atom. The van der Waals surface area contributed by atoms with Gasteiger partial charge in [-0.05, 0) is 126 Å². The van der Waals surface area contributed by atoms with E-state index in [4.69, 9.17) is 43.4 Å². The van der Waals surface area contributed by atoms with Crippen LogP contribution in [0.3, 0.4) is 0 Å². The number of rotatable bonds is 51. The van der Waals surface area contributed by atoms with E-state index in [9.17, 15) is 153 Å². The topological polar surface area (TPSA) is 276 Å². The van der Waals surface area contributed by atoms with Crippen molar-refractivity contribution in [2.75, 3.05) is 68.5 Å².